The second-order valence-corrected chi connectivity index (χ2v) is 4.44. The third-order valence-corrected chi connectivity index (χ3v) is 2.34. The highest BCUT2D eigenvalue weighted by atomic mass is 16.5. The average Bonchev–Trinajstić information content (AvgIpc) is 2.23. The second kappa shape index (κ2) is 9.60. The first-order valence-electron chi connectivity index (χ1n) is 6.11. The van der Waals surface area contributed by atoms with E-state index in [0.717, 1.165) is 19.4 Å². The van der Waals surface area contributed by atoms with Crippen molar-refractivity contribution in [2.24, 2.45) is 5.92 Å². The van der Waals surface area contributed by atoms with E-state index in [-0.39, 0.29) is 12.0 Å². The van der Waals surface area contributed by atoms with Crippen LogP contribution in [0.4, 0.5) is 0 Å². The van der Waals surface area contributed by atoms with Crippen LogP contribution in [0.25, 0.3) is 0 Å². The largest absolute Gasteiger partial charge is 0.369 e. The first-order valence-corrected chi connectivity index (χ1v) is 6.11. The molecule has 0 aliphatic heterocycles. The fraction of sp³-hybridized carbons (Fsp3) is 0.917. The number of ether oxygens (including phenoxy) is 1. The minimum atomic E-state index is -0.340. The lowest BCUT2D eigenvalue weighted by Gasteiger charge is -2.14. The van der Waals surface area contributed by atoms with Gasteiger partial charge in [0.2, 0.25) is 5.91 Å². The van der Waals surface area contributed by atoms with Gasteiger partial charge in [-0.1, -0.05) is 13.8 Å². The summed E-state index contributed by atoms with van der Waals surface area (Å²) in [6.07, 6.45) is 1.60. The first-order chi connectivity index (χ1) is 7.57. The van der Waals surface area contributed by atoms with Crippen LogP contribution in [0.3, 0.4) is 0 Å². The lowest BCUT2D eigenvalue weighted by Crippen LogP contribution is -2.36. The Morgan fingerprint density at radius 3 is 2.50 bits per heavy atom. The first kappa shape index (κ1) is 15.4. The Labute approximate surface area is 99.1 Å². The summed E-state index contributed by atoms with van der Waals surface area (Å²) in [5, 5.41) is 5.89. The van der Waals surface area contributed by atoms with Gasteiger partial charge >= 0.3 is 0 Å². The van der Waals surface area contributed by atoms with Crippen molar-refractivity contribution in [3.63, 3.8) is 0 Å². The number of hydrogen-bond acceptors (Lipinski definition) is 3. The SMILES string of the molecule is CNCCCNC(=O)C(C)OCCC(C)C. The van der Waals surface area contributed by atoms with Crippen LogP contribution in [0, 0.1) is 5.92 Å². The van der Waals surface area contributed by atoms with Crippen LogP contribution in [0.5, 0.6) is 0 Å². The molecule has 0 rings (SSSR count). The summed E-state index contributed by atoms with van der Waals surface area (Å²) in [6.45, 7) is 8.37. The van der Waals surface area contributed by atoms with E-state index < -0.39 is 0 Å². The normalized spacial score (nSPS) is 12.8. The predicted octanol–water partition coefficient (Wildman–Crippen LogP) is 1.16. The van der Waals surface area contributed by atoms with Crippen LogP contribution in [-0.2, 0) is 9.53 Å². The van der Waals surface area contributed by atoms with Gasteiger partial charge in [-0.25, -0.2) is 0 Å². The van der Waals surface area contributed by atoms with Crippen molar-refractivity contribution in [2.45, 2.75) is 39.7 Å². The van der Waals surface area contributed by atoms with Crippen LogP contribution in [0.2, 0.25) is 0 Å². The Kier molecular flexibility index (Phi) is 9.24. The number of carbonyl (C=O) groups excluding carboxylic acids is 1. The summed E-state index contributed by atoms with van der Waals surface area (Å²) in [5.41, 5.74) is 0. The summed E-state index contributed by atoms with van der Waals surface area (Å²) in [6, 6.07) is 0. The van der Waals surface area contributed by atoms with Gasteiger partial charge in [-0.05, 0) is 39.3 Å². The van der Waals surface area contributed by atoms with Gasteiger partial charge < -0.3 is 15.4 Å². The van der Waals surface area contributed by atoms with E-state index in [0.29, 0.717) is 19.1 Å². The molecule has 0 aliphatic carbocycles. The van der Waals surface area contributed by atoms with E-state index >= 15 is 0 Å². The maximum absolute atomic E-state index is 11.5. The highest BCUT2D eigenvalue weighted by Gasteiger charge is 2.12. The fourth-order valence-electron chi connectivity index (χ4n) is 1.18. The summed E-state index contributed by atoms with van der Waals surface area (Å²) in [4.78, 5) is 11.5. The van der Waals surface area contributed by atoms with Crippen molar-refractivity contribution in [1.29, 1.82) is 0 Å². The Balaban J connectivity index is 3.49. The Morgan fingerprint density at radius 2 is 1.94 bits per heavy atom. The van der Waals surface area contributed by atoms with Crippen molar-refractivity contribution < 1.29 is 9.53 Å². The Morgan fingerprint density at radius 1 is 1.25 bits per heavy atom. The van der Waals surface area contributed by atoms with Crippen molar-refractivity contribution in [1.82, 2.24) is 10.6 Å². The van der Waals surface area contributed by atoms with Crippen molar-refractivity contribution in [3.05, 3.63) is 0 Å². The number of nitrogens with one attached hydrogen (secondary N) is 2. The topological polar surface area (TPSA) is 50.4 Å². The number of rotatable bonds is 9. The average molecular weight is 230 g/mol. The monoisotopic (exact) mass is 230 g/mol. The van der Waals surface area contributed by atoms with Crippen molar-refractivity contribution >= 4 is 5.91 Å². The van der Waals surface area contributed by atoms with Crippen LogP contribution in [0.1, 0.15) is 33.6 Å². The zero-order chi connectivity index (χ0) is 12.4. The lowest BCUT2D eigenvalue weighted by atomic mass is 10.1. The van der Waals surface area contributed by atoms with Gasteiger partial charge in [-0.3, -0.25) is 4.79 Å². The zero-order valence-corrected chi connectivity index (χ0v) is 11.0. The van der Waals surface area contributed by atoms with Crippen LogP contribution in [0.15, 0.2) is 0 Å². The van der Waals surface area contributed by atoms with Crippen LogP contribution >= 0.6 is 0 Å². The van der Waals surface area contributed by atoms with Crippen LogP contribution in [-0.4, -0.2) is 38.8 Å². The molecule has 1 unspecified atom stereocenters. The fourth-order valence-corrected chi connectivity index (χ4v) is 1.18. The Hall–Kier alpha value is -0.610. The van der Waals surface area contributed by atoms with Gasteiger partial charge in [0, 0.05) is 13.2 Å². The summed E-state index contributed by atoms with van der Waals surface area (Å²) in [5.74, 6) is 0.603. The third-order valence-electron chi connectivity index (χ3n) is 2.34. The highest BCUT2D eigenvalue weighted by Crippen LogP contribution is 2.01. The highest BCUT2D eigenvalue weighted by molar-refractivity contribution is 5.80. The molecule has 0 spiro atoms. The molecule has 4 heteroatoms. The molecule has 0 radical (unpaired) electrons. The molecule has 2 N–H and O–H groups in total. The molecule has 0 aromatic carbocycles. The van der Waals surface area contributed by atoms with E-state index in [2.05, 4.69) is 24.5 Å². The molecule has 0 fully saturated rings. The molecular formula is C12H26N2O2. The van der Waals surface area contributed by atoms with E-state index in [9.17, 15) is 4.79 Å². The van der Waals surface area contributed by atoms with Crippen molar-refractivity contribution in [2.75, 3.05) is 26.7 Å². The summed E-state index contributed by atoms with van der Waals surface area (Å²) in [7, 11) is 1.90. The molecule has 4 nitrogen and oxygen atoms in total. The van der Waals surface area contributed by atoms with Gasteiger partial charge in [0.1, 0.15) is 6.10 Å². The van der Waals surface area contributed by atoms with Gasteiger partial charge in [0.05, 0.1) is 0 Å². The third kappa shape index (κ3) is 8.68. The number of carbonyl (C=O) groups is 1. The summed E-state index contributed by atoms with van der Waals surface area (Å²) < 4.78 is 5.44. The van der Waals surface area contributed by atoms with E-state index in [1.807, 2.05) is 7.05 Å². The molecule has 96 valence electrons. The van der Waals surface area contributed by atoms with Gasteiger partial charge in [-0.15, -0.1) is 0 Å². The van der Waals surface area contributed by atoms with Gasteiger partial charge in [0.15, 0.2) is 0 Å². The quantitative estimate of drug-likeness (QED) is 0.584. The van der Waals surface area contributed by atoms with E-state index in [4.69, 9.17) is 4.74 Å². The molecule has 16 heavy (non-hydrogen) atoms. The number of hydrogen-bond donors (Lipinski definition) is 2. The van der Waals surface area contributed by atoms with E-state index in [1.54, 1.807) is 6.92 Å². The van der Waals surface area contributed by atoms with E-state index in [1.165, 1.54) is 0 Å². The van der Waals surface area contributed by atoms with Crippen molar-refractivity contribution in [3.8, 4) is 0 Å². The zero-order valence-electron chi connectivity index (χ0n) is 11.0. The predicted molar refractivity (Wildman–Crippen MR) is 66.4 cm³/mol. The maximum atomic E-state index is 11.5. The van der Waals surface area contributed by atoms with Gasteiger partial charge in [-0.2, -0.15) is 0 Å². The molecule has 0 aromatic rings. The minimum Gasteiger partial charge on any atom is -0.369 e. The Bertz CT molecular complexity index is 184. The molecule has 0 saturated carbocycles. The number of amides is 1. The molecule has 0 saturated heterocycles. The molecule has 1 atom stereocenters. The molecule has 1 amide bonds. The molecule has 0 aromatic heterocycles. The maximum Gasteiger partial charge on any atom is 0.248 e. The minimum absolute atomic E-state index is 0.0140. The van der Waals surface area contributed by atoms with Gasteiger partial charge in [0.25, 0.3) is 0 Å². The molecule has 0 bridgehead atoms. The molecule has 0 aliphatic rings. The standard InChI is InChI=1S/C12H26N2O2/c1-10(2)6-9-16-11(3)12(15)14-8-5-7-13-4/h10-11,13H,5-9H2,1-4H3,(H,14,15). The second-order valence-electron chi connectivity index (χ2n) is 4.44. The lowest BCUT2D eigenvalue weighted by molar-refractivity contribution is -0.131. The summed E-state index contributed by atoms with van der Waals surface area (Å²) >= 11 is 0. The molecular weight excluding hydrogens is 204 g/mol. The van der Waals surface area contributed by atoms with Crippen LogP contribution < -0.4 is 10.6 Å². The smallest absolute Gasteiger partial charge is 0.248 e. The molecule has 0 heterocycles.